The standard InChI is InChI=1S/C24H27N3O4S/c1-26(2)13-14-31-20-10-7-17(15-21(20)30-4)27-12-11-19-22(24(27)28)32-23(25-19)16-5-8-18(29-3)9-6-16/h5-10,15H,11-14H2,1-4H3. The first kappa shape index (κ1) is 22.1. The summed E-state index contributed by atoms with van der Waals surface area (Å²) in [6, 6.07) is 13.4. The molecule has 0 spiro atoms. The second kappa shape index (κ2) is 9.58. The van der Waals surface area contributed by atoms with Gasteiger partial charge < -0.3 is 24.0 Å². The van der Waals surface area contributed by atoms with Crippen molar-refractivity contribution in [3.05, 3.63) is 53.0 Å². The molecule has 0 unspecified atom stereocenters. The fourth-order valence-electron chi connectivity index (χ4n) is 3.52. The molecule has 2 heterocycles. The molecule has 7 nitrogen and oxygen atoms in total. The largest absolute Gasteiger partial charge is 0.497 e. The van der Waals surface area contributed by atoms with Gasteiger partial charge in [-0.05, 0) is 50.5 Å². The Morgan fingerprint density at radius 1 is 1.06 bits per heavy atom. The molecule has 1 aliphatic heterocycles. The van der Waals surface area contributed by atoms with Crippen LogP contribution in [0, 0.1) is 0 Å². The number of hydrogen-bond acceptors (Lipinski definition) is 7. The van der Waals surface area contributed by atoms with E-state index in [1.54, 1.807) is 19.1 Å². The van der Waals surface area contributed by atoms with Crippen LogP contribution in [0.3, 0.4) is 0 Å². The highest BCUT2D eigenvalue weighted by molar-refractivity contribution is 7.17. The van der Waals surface area contributed by atoms with E-state index < -0.39 is 0 Å². The third kappa shape index (κ3) is 4.56. The minimum Gasteiger partial charge on any atom is -0.497 e. The quantitative estimate of drug-likeness (QED) is 0.514. The minimum atomic E-state index is -0.0353. The first-order valence-corrected chi connectivity index (χ1v) is 11.2. The van der Waals surface area contributed by atoms with E-state index in [2.05, 4.69) is 4.90 Å². The fraction of sp³-hybridized carbons (Fsp3) is 0.333. The van der Waals surface area contributed by atoms with Gasteiger partial charge in [-0.3, -0.25) is 4.79 Å². The van der Waals surface area contributed by atoms with Crippen LogP contribution < -0.4 is 19.1 Å². The van der Waals surface area contributed by atoms with Crippen LogP contribution in [0.4, 0.5) is 5.69 Å². The summed E-state index contributed by atoms with van der Waals surface area (Å²) in [6.07, 6.45) is 0.705. The molecule has 32 heavy (non-hydrogen) atoms. The van der Waals surface area contributed by atoms with Crippen molar-refractivity contribution in [2.45, 2.75) is 6.42 Å². The predicted molar refractivity (Wildman–Crippen MR) is 127 cm³/mol. The van der Waals surface area contributed by atoms with Crippen molar-refractivity contribution in [1.82, 2.24) is 9.88 Å². The van der Waals surface area contributed by atoms with Crippen LogP contribution in [0.5, 0.6) is 17.2 Å². The molecule has 1 amide bonds. The van der Waals surface area contributed by atoms with Crippen molar-refractivity contribution in [3.8, 4) is 27.8 Å². The summed E-state index contributed by atoms with van der Waals surface area (Å²) in [4.78, 5) is 22.6. The van der Waals surface area contributed by atoms with E-state index in [9.17, 15) is 4.79 Å². The van der Waals surface area contributed by atoms with Gasteiger partial charge in [-0.2, -0.15) is 0 Å². The molecule has 3 aromatic rings. The number of methoxy groups -OCH3 is 2. The minimum absolute atomic E-state index is 0.0353. The van der Waals surface area contributed by atoms with Crippen molar-refractivity contribution in [3.63, 3.8) is 0 Å². The van der Waals surface area contributed by atoms with Gasteiger partial charge in [-0.1, -0.05) is 0 Å². The molecular weight excluding hydrogens is 426 g/mol. The molecule has 0 atom stereocenters. The number of likely N-dealkylation sites (N-methyl/N-ethyl adjacent to an activating group) is 1. The van der Waals surface area contributed by atoms with Crippen molar-refractivity contribution >= 4 is 22.9 Å². The zero-order chi connectivity index (χ0) is 22.7. The Morgan fingerprint density at radius 3 is 2.53 bits per heavy atom. The molecule has 0 saturated heterocycles. The number of rotatable bonds is 8. The number of nitrogens with zero attached hydrogens (tertiary/aromatic N) is 3. The lowest BCUT2D eigenvalue weighted by Gasteiger charge is -2.26. The third-order valence-corrected chi connectivity index (χ3v) is 6.44. The van der Waals surface area contributed by atoms with Crippen LogP contribution in [0.1, 0.15) is 15.4 Å². The second-order valence-electron chi connectivity index (χ2n) is 7.72. The summed E-state index contributed by atoms with van der Waals surface area (Å²) in [7, 11) is 7.25. The van der Waals surface area contributed by atoms with E-state index in [-0.39, 0.29) is 5.91 Å². The van der Waals surface area contributed by atoms with Crippen LogP contribution in [0.25, 0.3) is 10.6 Å². The maximum absolute atomic E-state index is 13.3. The monoisotopic (exact) mass is 453 g/mol. The first-order chi connectivity index (χ1) is 15.5. The van der Waals surface area contributed by atoms with E-state index in [4.69, 9.17) is 19.2 Å². The Morgan fingerprint density at radius 2 is 1.84 bits per heavy atom. The van der Waals surface area contributed by atoms with Crippen molar-refractivity contribution in [1.29, 1.82) is 0 Å². The van der Waals surface area contributed by atoms with Gasteiger partial charge in [0.15, 0.2) is 11.5 Å². The Labute approximate surface area is 192 Å². The molecule has 4 rings (SSSR count). The number of thiazole rings is 1. The summed E-state index contributed by atoms with van der Waals surface area (Å²) in [5.74, 6) is 2.04. The summed E-state index contributed by atoms with van der Waals surface area (Å²) in [6.45, 7) is 1.94. The number of anilines is 1. The van der Waals surface area contributed by atoms with Gasteiger partial charge in [-0.25, -0.2) is 4.98 Å². The van der Waals surface area contributed by atoms with E-state index in [1.165, 1.54) is 11.3 Å². The smallest absolute Gasteiger partial charge is 0.270 e. The highest BCUT2D eigenvalue weighted by Crippen LogP contribution is 2.37. The Hall–Kier alpha value is -3.10. The number of aromatic nitrogens is 1. The number of carbonyl (C=O) groups excluding carboxylic acids is 1. The maximum Gasteiger partial charge on any atom is 0.270 e. The molecule has 0 bridgehead atoms. The summed E-state index contributed by atoms with van der Waals surface area (Å²) < 4.78 is 16.6. The lowest BCUT2D eigenvalue weighted by Crippen LogP contribution is -2.36. The average Bonchev–Trinajstić information content (AvgIpc) is 3.25. The highest BCUT2D eigenvalue weighted by Gasteiger charge is 2.30. The number of amides is 1. The predicted octanol–water partition coefficient (Wildman–Crippen LogP) is 3.97. The van der Waals surface area contributed by atoms with E-state index in [1.807, 2.05) is 56.6 Å². The van der Waals surface area contributed by atoms with Crippen molar-refractivity contribution in [2.75, 3.05) is 52.9 Å². The van der Waals surface area contributed by atoms with Crippen molar-refractivity contribution < 1.29 is 19.0 Å². The van der Waals surface area contributed by atoms with Gasteiger partial charge >= 0.3 is 0 Å². The van der Waals surface area contributed by atoms with E-state index >= 15 is 0 Å². The van der Waals surface area contributed by atoms with Crippen LogP contribution in [-0.4, -0.2) is 63.8 Å². The van der Waals surface area contributed by atoms with Crippen LogP contribution in [-0.2, 0) is 6.42 Å². The van der Waals surface area contributed by atoms with Gasteiger partial charge in [0.25, 0.3) is 5.91 Å². The van der Waals surface area contributed by atoms with Crippen molar-refractivity contribution in [2.24, 2.45) is 0 Å². The SMILES string of the molecule is COc1ccc(-c2nc3c(s2)C(=O)N(c2ccc(OCCN(C)C)c(OC)c2)CC3)cc1. The average molecular weight is 454 g/mol. The lowest BCUT2D eigenvalue weighted by atomic mass is 10.1. The number of hydrogen-bond donors (Lipinski definition) is 0. The van der Waals surface area contributed by atoms with Gasteiger partial charge in [0.05, 0.1) is 19.9 Å². The fourth-order valence-corrected chi connectivity index (χ4v) is 4.58. The molecule has 168 valence electrons. The topological polar surface area (TPSA) is 64.1 Å². The molecule has 0 N–H and O–H groups in total. The first-order valence-electron chi connectivity index (χ1n) is 10.4. The van der Waals surface area contributed by atoms with Gasteiger partial charge in [0.1, 0.15) is 22.2 Å². The van der Waals surface area contributed by atoms with E-state index in [0.29, 0.717) is 35.9 Å². The van der Waals surface area contributed by atoms with Gasteiger partial charge in [-0.15, -0.1) is 11.3 Å². The zero-order valence-electron chi connectivity index (χ0n) is 18.8. The molecule has 1 aromatic heterocycles. The Balaban J connectivity index is 1.54. The molecule has 0 fully saturated rings. The number of benzene rings is 2. The van der Waals surface area contributed by atoms with E-state index in [0.717, 1.165) is 34.2 Å². The molecule has 1 aliphatic rings. The maximum atomic E-state index is 13.3. The van der Waals surface area contributed by atoms with Crippen LogP contribution >= 0.6 is 11.3 Å². The summed E-state index contributed by atoms with van der Waals surface area (Å²) in [5, 5.41) is 0.843. The normalized spacial score (nSPS) is 13.3. The summed E-state index contributed by atoms with van der Waals surface area (Å²) >= 11 is 1.43. The second-order valence-corrected chi connectivity index (χ2v) is 8.72. The zero-order valence-corrected chi connectivity index (χ0v) is 19.6. The van der Waals surface area contributed by atoms with Crippen LogP contribution in [0.2, 0.25) is 0 Å². The number of ether oxygens (including phenoxy) is 3. The molecule has 0 aliphatic carbocycles. The Kier molecular flexibility index (Phi) is 6.62. The molecule has 0 radical (unpaired) electrons. The number of carbonyl (C=O) groups is 1. The lowest BCUT2D eigenvalue weighted by molar-refractivity contribution is 0.0984. The summed E-state index contributed by atoms with van der Waals surface area (Å²) in [5.41, 5.74) is 2.62. The molecule has 0 saturated carbocycles. The molecule has 8 heteroatoms. The van der Waals surface area contributed by atoms with Crippen LogP contribution in [0.15, 0.2) is 42.5 Å². The Bertz CT molecular complexity index is 1100. The van der Waals surface area contributed by atoms with Gasteiger partial charge in [0.2, 0.25) is 0 Å². The third-order valence-electron chi connectivity index (χ3n) is 5.30. The van der Waals surface area contributed by atoms with Gasteiger partial charge in [0, 0.05) is 36.8 Å². The number of fused-ring (bicyclic) bond motifs is 1. The highest BCUT2D eigenvalue weighted by atomic mass is 32.1. The molecule has 2 aromatic carbocycles. The molecular formula is C24H27N3O4S.